The highest BCUT2D eigenvalue weighted by Crippen LogP contribution is 2.02. The molecule has 1 N–H and O–H groups in total. The molecule has 0 radical (unpaired) electrons. The third-order valence-corrected chi connectivity index (χ3v) is 1.60. The van der Waals surface area contributed by atoms with Crippen molar-refractivity contribution in [1.29, 1.82) is 0 Å². The maximum atomic E-state index is 11.0. The van der Waals surface area contributed by atoms with Crippen LogP contribution in [0.15, 0.2) is 12.2 Å². The van der Waals surface area contributed by atoms with Crippen LogP contribution in [0.2, 0.25) is 0 Å². The first-order chi connectivity index (χ1) is 6.25. The van der Waals surface area contributed by atoms with Crippen molar-refractivity contribution in [3.8, 4) is 0 Å². The summed E-state index contributed by atoms with van der Waals surface area (Å²) in [5.41, 5.74) is 0. The molecule has 0 fully saturated rings. The maximum absolute atomic E-state index is 11.0. The number of rotatable bonds is 5. The Labute approximate surface area is 75.6 Å². The number of carbonyl (C=O) groups excluding carboxylic acids is 2. The molecule has 0 aromatic rings. The van der Waals surface area contributed by atoms with Gasteiger partial charge in [-0.25, -0.2) is 0 Å². The first-order valence-corrected chi connectivity index (χ1v) is 3.98. The average molecular weight is 185 g/mol. The SMILES string of the molecule is O=C1C=CC(=O)N1CCOCCO. The van der Waals surface area contributed by atoms with Gasteiger partial charge in [-0.2, -0.15) is 0 Å². The molecule has 0 spiro atoms. The first kappa shape index (κ1) is 9.88. The standard InChI is InChI=1S/C8H11NO4/c10-4-6-13-5-3-9-7(11)1-2-8(9)12/h1-2,10H,3-6H2. The van der Waals surface area contributed by atoms with Gasteiger partial charge in [0.1, 0.15) is 0 Å². The molecule has 72 valence electrons. The van der Waals surface area contributed by atoms with Crippen LogP contribution in [0.3, 0.4) is 0 Å². The highest BCUT2D eigenvalue weighted by Gasteiger charge is 2.22. The van der Waals surface area contributed by atoms with Crippen LogP contribution in [0.25, 0.3) is 0 Å². The number of ether oxygens (including phenoxy) is 1. The summed E-state index contributed by atoms with van der Waals surface area (Å²) in [7, 11) is 0. The summed E-state index contributed by atoms with van der Waals surface area (Å²) < 4.78 is 4.92. The molecule has 1 rings (SSSR count). The number of amides is 2. The van der Waals surface area contributed by atoms with Crippen LogP contribution in [0.1, 0.15) is 0 Å². The van der Waals surface area contributed by atoms with Crippen LogP contribution in [-0.4, -0.2) is 48.2 Å². The van der Waals surface area contributed by atoms with E-state index >= 15 is 0 Å². The maximum Gasteiger partial charge on any atom is 0.253 e. The molecule has 0 bridgehead atoms. The van der Waals surface area contributed by atoms with Crippen LogP contribution in [0, 0.1) is 0 Å². The molecule has 2 amide bonds. The Kier molecular flexibility index (Phi) is 3.60. The summed E-state index contributed by atoms with van der Waals surface area (Å²) >= 11 is 0. The molecule has 0 aliphatic carbocycles. The number of carbonyl (C=O) groups is 2. The quantitative estimate of drug-likeness (QED) is 0.437. The van der Waals surface area contributed by atoms with E-state index in [1.165, 1.54) is 12.2 Å². The monoisotopic (exact) mass is 185 g/mol. The van der Waals surface area contributed by atoms with E-state index in [4.69, 9.17) is 9.84 Å². The van der Waals surface area contributed by atoms with Crippen molar-refractivity contribution < 1.29 is 19.4 Å². The highest BCUT2D eigenvalue weighted by atomic mass is 16.5. The molecule has 5 heteroatoms. The van der Waals surface area contributed by atoms with Gasteiger partial charge in [-0.1, -0.05) is 0 Å². The molecule has 1 aliphatic rings. The molecule has 0 saturated heterocycles. The van der Waals surface area contributed by atoms with E-state index in [9.17, 15) is 9.59 Å². The Morgan fingerprint density at radius 1 is 1.23 bits per heavy atom. The van der Waals surface area contributed by atoms with Crippen molar-refractivity contribution in [2.45, 2.75) is 0 Å². The molecule has 0 atom stereocenters. The second-order valence-corrected chi connectivity index (χ2v) is 2.50. The second-order valence-electron chi connectivity index (χ2n) is 2.50. The lowest BCUT2D eigenvalue weighted by Gasteiger charge is -2.12. The summed E-state index contributed by atoms with van der Waals surface area (Å²) in [4.78, 5) is 23.0. The predicted octanol–water partition coefficient (Wildman–Crippen LogP) is -1.08. The van der Waals surface area contributed by atoms with E-state index in [2.05, 4.69) is 0 Å². The van der Waals surface area contributed by atoms with Gasteiger partial charge in [0.05, 0.1) is 26.4 Å². The van der Waals surface area contributed by atoms with Crippen molar-refractivity contribution in [1.82, 2.24) is 4.90 Å². The topological polar surface area (TPSA) is 66.8 Å². The fourth-order valence-electron chi connectivity index (χ4n) is 0.974. The van der Waals surface area contributed by atoms with Gasteiger partial charge in [0.15, 0.2) is 0 Å². The molecular formula is C8H11NO4. The number of aliphatic hydroxyl groups is 1. The Morgan fingerprint density at radius 2 is 1.85 bits per heavy atom. The zero-order valence-electron chi connectivity index (χ0n) is 7.10. The number of imide groups is 1. The predicted molar refractivity (Wildman–Crippen MR) is 43.8 cm³/mol. The Bertz CT molecular complexity index is 218. The van der Waals surface area contributed by atoms with Gasteiger partial charge in [0, 0.05) is 12.2 Å². The van der Waals surface area contributed by atoms with Gasteiger partial charge >= 0.3 is 0 Å². The minimum atomic E-state index is -0.308. The van der Waals surface area contributed by atoms with E-state index < -0.39 is 0 Å². The summed E-state index contributed by atoms with van der Waals surface area (Å²) in [6.07, 6.45) is 2.46. The highest BCUT2D eigenvalue weighted by molar-refractivity contribution is 6.12. The Balaban J connectivity index is 2.22. The number of aliphatic hydroxyl groups excluding tert-OH is 1. The van der Waals surface area contributed by atoms with Crippen LogP contribution < -0.4 is 0 Å². The smallest absolute Gasteiger partial charge is 0.253 e. The third-order valence-electron chi connectivity index (χ3n) is 1.60. The Morgan fingerprint density at radius 3 is 2.38 bits per heavy atom. The average Bonchev–Trinajstić information content (AvgIpc) is 2.42. The van der Waals surface area contributed by atoms with Gasteiger partial charge in [0.25, 0.3) is 11.8 Å². The number of hydrogen-bond acceptors (Lipinski definition) is 4. The summed E-state index contributed by atoms with van der Waals surface area (Å²) in [6, 6.07) is 0. The van der Waals surface area contributed by atoms with Crippen LogP contribution in [-0.2, 0) is 14.3 Å². The normalized spacial score (nSPS) is 15.9. The lowest BCUT2D eigenvalue weighted by atomic mass is 10.5. The molecule has 0 saturated carbocycles. The molecule has 5 nitrogen and oxygen atoms in total. The largest absolute Gasteiger partial charge is 0.394 e. The van der Waals surface area contributed by atoms with E-state index in [0.717, 1.165) is 4.90 Å². The van der Waals surface area contributed by atoms with Crippen molar-refractivity contribution in [3.05, 3.63) is 12.2 Å². The summed E-state index contributed by atoms with van der Waals surface area (Å²) in [6.45, 7) is 0.675. The van der Waals surface area contributed by atoms with Crippen molar-refractivity contribution in [2.24, 2.45) is 0 Å². The van der Waals surface area contributed by atoms with Gasteiger partial charge in [-0.15, -0.1) is 0 Å². The fourth-order valence-corrected chi connectivity index (χ4v) is 0.974. The summed E-state index contributed by atoms with van der Waals surface area (Å²) in [5, 5.41) is 8.38. The lowest BCUT2D eigenvalue weighted by Crippen LogP contribution is -2.33. The molecule has 13 heavy (non-hydrogen) atoms. The third kappa shape index (κ3) is 2.64. The minimum Gasteiger partial charge on any atom is -0.394 e. The summed E-state index contributed by atoms with van der Waals surface area (Å²) in [5.74, 6) is -0.616. The van der Waals surface area contributed by atoms with Crippen LogP contribution in [0.5, 0.6) is 0 Å². The molecule has 0 aromatic heterocycles. The number of nitrogens with zero attached hydrogens (tertiary/aromatic N) is 1. The van der Waals surface area contributed by atoms with E-state index in [0.29, 0.717) is 0 Å². The molecule has 1 heterocycles. The van der Waals surface area contributed by atoms with E-state index in [1.54, 1.807) is 0 Å². The van der Waals surface area contributed by atoms with E-state index in [-0.39, 0.29) is 38.2 Å². The van der Waals surface area contributed by atoms with Crippen molar-refractivity contribution >= 4 is 11.8 Å². The van der Waals surface area contributed by atoms with Gasteiger partial charge in [-0.05, 0) is 0 Å². The van der Waals surface area contributed by atoms with Gasteiger partial charge < -0.3 is 9.84 Å². The van der Waals surface area contributed by atoms with Crippen LogP contribution >= 0.6 is 0 Å². The van der Waals surface area contributed by atoms with Crippen molar-refractivity contribution in [3.63, 3.8) is 0 Å². The lowest BCUT2D eigenvalue weighted by molar-refractivity contribution is -0.137. The zero-order valence-corrected chi connectivity index (χ0v) is 7.10. The molecule has 0 aromatic carbocycles. The second kappa shape index (κ2) is 4.74. The Hall–Kier alpha value is -1.20. The molecule has 0 unspecified atom stereocenters. The fraction of sp³-hybridized carbons (Fsp3) is 0.500. The zero-order chi connectivity index (χ0) is 9.68. The number of hydrogen-bond donors (Lipinski definition) is 1. The van der Waals surface area contributed by atoms with E-state index in [1.807, 2.05) is 0 Å². The first-order valence-electron chi connectivity index (χ1n) is 3.98. The van der Waals surface area contributed by atoms with Crippen molar-refractivity contribution in [2.75, 3.05) is 26.4 Å². The molecule has 1 aliphatic heterocycles. The van der Waals surface area contributed by atoms with Gasteiger partial charge in [0.2, 0.25) is 0 Å². The van der Waals surface area contributed by atoms with Crippen LogP contribution in [0.4, 0.5) is 0 Å². The van der Waals surface area contributed by atoms with Gasteiger partial charge in [-0.3, -0.25) is 14.5 Å². The molecular weight excluding hydrogens is 174 g/mol. The minimum absolute atomic E-state index is 0.0554.